The lowest BCUT2D eigenvalue weighted by atomic mass is 10.1. The van der Waals surface area contributed by atoms with Crippen molar-refractivity contribution in [3.8, 4) is 11.3 Å². The first-order valence-corrected chi connectivity index (χ1v) is 12.5. The molecule has 0 spiro atoms. The predicted molar refractivity (Wildman–Crippen MR) is 139 cm³/mol. The second-order valence-electron chi connectivity index (χ2n) is 8.42. The van der Waals surface area contributed by atoms with Gasteiger partial charge in [-0.2, -0.15) is 13.2 Å². The van der Waals surface area contributed by atoms with Gasteiger partial charge >= 0.3 is 6.18 Å². The van der Waals surface area contributed by atoms with E-state index in [1.165, 1.54) is 30.3 Å². The number of carbonyl (C=O) groups excluding carboxylic acids is 2. The number of rotatable bonds is 3. The molecule has 1 aliphatic heterocycles. The maximum absolute atomic E-state index is 13.6. The Morgan fingerprint density at radius 2 is 1.76 bits per heavy atom. The third-order valence-electron chi connectivity index (χ3n) is 6.00. The molecule has 37 heavy (non-hydrogen) atoms. The Kier molecular flexibility index (Phi) is 6.51. The number of hydrogen-bond acceptors (Lipinski definition) is 4. The molecular formula is C27H19ClF3N3O2S. The van der Waals surface area contributed by atoms with E-state index in [9.17, 15) is 22.8 Å². The van der Waals surface area contributed by atoms with E-state index in [1.54, 1.807) is 16.2 Å². The number of amides is 2. The summed E-state index contributed by atoms with van der Waals surface area (Å²) in [5.74, 6) is -1.26. The minimum absolute atomic E-state index is 0.0670. The third-order valence-corrected chi connectivity index (χ3v) is 7.34. The van der Waals surface area contributed by atoms with Crippen LogP contribution in [0.4, 0.5) is 24.5 Å². The van der Waals surface area contributed by atoms with Crippen molar-refractivity contribution in [2.45, 2.75) is 19.5 Å². The molecule has 1 N–H and O–H groups in total. The van der Waals surface area contributed by atoms with Gasteiger partial charge in [-0.25, -0.2) is 4.98 Å². The number of alkyl halides is 3. The number of para-hydroxylation sites is 1. The smallest absolute Gasteiger partial charge is 0.322 e. The number of thiazole rings is 1. The quantitative estimate of drug-likeness (QED) is 0.297. The highest BCUT2D eigenvalue weighted by molar-refractivity contribution is 7.12. The number of fused-ring (bicyclic) bond motifs is 3. The first-order valence-electron chi connectivity index (χ1n) is 11.3. The Labute approximate surface area is 219 Å². The minimum atomic E-state index is -4.68. The summed E-state index contributed by atoms with van der Waals surface area (Å²) in [5, 5.41) is 3.46. The lowest BCUT2D eigenvalue weighted by Gasteiger charge is -2.23. The van der Waals surface area contributed by atoms with E-state index in [0.717, 1.165) is 33.3 Å². The highest BCUT2D eigenvalue weighted by Gasteiger charge is 2.35. The van der Waals surface area contributed by atoms with Crippen LogP contribution in [0.3, 0.4) is 0 Å². The van der Waals surface area contributed by atoms with E-state index in [1.807, 2.05) is 31.2 Å². The first kappa shape index (κ1) is 25.0. The van der Waals surface area contributed by atoms with Gasteiger partial charge in [-0.05, 0) is 43.3 Å². The Morgan fingerprint density at radius 3 is 2.51 bits per heavy atom. The van der Waals surface area contributed by atoms with Crippen LogP contribution in [0, 0.1) is 6.92 Å². The third kappa shape index (κ3) is 4.84. The van der Waals surface area contributed by atoms with Crippen LogP contribution >= 0.6 is 22.9 Å². The van der Waals surface area contributed by atoms with Gasteiger partial charge < -0.3 is 10.2 Å². The van der Waals surface area contributed by atoms with E-state index in [0.29, 0.717) is 18.7 Å². The van der Waals surface area contributed by atoms with E-state index in [2.05, 4.69) is 10.3 Å². The number of anilines is 2. The van der Waals surface area contributed by atoms with Gasteiger partial charge in [0.25, 0.3) is 11.8 Å². The Bertz CT molecular complexity index is 1530. The van der Waals surface area contributed by atoms with Crippen LogP contribution in [0.25, 0.3) is 11.3 Å². The molecule has 188 valence electrons. The number of carbonyl (C=O) groups is 2. The van der Waals surface area contributed by atoms with E-state index >= 15 is 0 Å². The summed E-state index contributed by atoms with van der Waals surface area (Å²) in [6.07, 6.45) is -4.05. The van der Waals surface area contributed by atoms with Gasteiger partial charge in [-0.3, -0.25) is 9.59 Å². The van der Waals surface area contributed by atoms with Gasteiger partial charge in [0.15, 0.2) is 0 Å². The van der Waals surface area contributed by atoms with Crippen LogP contribution in [0.5, 0.6) is 0 Å². The largest absolute Gasteiger partial charge is 0.417 e. The number of benzene rings is 3. The van der Waals surface area contributed by atoms with Crippen molar-refractivity contribution in [1.29, 1.82) is 0 Å². The molecule has 0 bridgehead atoms. The fourth-order valence-electron chi connectivity index (χ4n) is 4.34. The maximum atomic E-state index is 13.6. The molecule has 0 atom stereocenters. The van der Waals surface area contributed by atoms with Crippen LogP contribution in [0.15, 0.2) is 66.7 Å². The van der Waals surface area contributed by atoms with Crippen LogP contribution in [0.1, 0.15) is 36.2 Å². The van der Waals surface area contributed by atoms with E-state index in [-0.39, 0.29) is 22.2 Å². The van der Waals surface area contributed by atoms with Gasteiger partial charge in [0.1, 0.15) is 0 Å². The Hall–Kier alpha value is -3.69. The second-order valence-corrected chi connectivity index (χ2v) is 10.1. The number of nitrogens with one attached hydrogen (secondary N) is 1. The highest BCUT2D eigenvalue weighted by Crippen LogP contribution is 2.39. The highest BCUT2D eigenvalue weighted by atomic mass is 35.5. The van der Waals surface area contributed by atoms with Crippen LogP contribution < -0.4 is 10.2 Å². The normalized spacial score (nSPS) is 12.9. The molecule has 0 saturated heterocycles. The topological polar surface area (TPSA) is 62.3 Å². The predicted octanol–water partition coefficient (Wildman–Crippen LogP) is 7.25. The molecule has 1 aliphatic rings. The summed E-state index contributed by atoms with van der Waals surface area (Å²) in [6.45, 7) is 2.38. The summed E-state index contributed by atoms with van der Waals surface area (Å²) < 4.78 is 39.9. The average Bonchev–Trinajstić information content (AvgIpc) is 3.17. The number of aryl methyl sites for hydroxylation is 1. The molecule has 0 unspecified atom stereocenters. The maximum Gasteiger partial charge on any atom is 0.417 e. The Morgan fingerprint density at radius 1 is 1.03 bits per heavy atom. The fraction of sp³-hybridized carbons (Fsp3) is 0.148. The Balaban J connectivity index is 1.42. The lowest BCUT2D eigenvalue weighted by molar-refractivity contribution is -0.137. The molecule has 5 nitrogen and oxygen atoms in total. The summed E-state index contributed by atoms with van der Waals surface area (Å²) in [6, 6.07) is 16.3. The lowest BCUT2D eigenvalue weighted by Crippen LogP contribution is -2.32. The summed E-state index contributed by atoms with van der Waals surface area (Å²) in [5.41, 5.74) is 1.27. The van der Waals surface area contributed by atoms with Crippen molar-refractivity contribution in [3.05, 3.63) is 98.3 Å². The molecule has 5 rings (SSSR count). The van der Waals surface area contributed by atoms with Gasteiger partial charge in [0.05, 0.1) is 38.1 Å². The molecule has 2 amide bonds. The van der Waals surface area contributed by atoms with Gasteiger partial charge in [0.2, 0.25) is 0 Å². The summed E-state index contributed by atoms with van der Waals surface area (Å²) in [7, 11) is 0. The summed E-state index contributed by atoms with van der Waals surface area (Å²) >= 11 is 8.05. The molecule has 0 fully saturated rings. The van der Waals surface area contributed by atoms with E-state index < -0.39 is 23.2 Å². The van der Waals surface area contributed by atoms with Gasteiger partial charge in [-0.1, -0.05) is 41.9 Å². The molecule has 4 aromatic rings. The first-order chi connectivity index (χ1) is 17.6. The molecule has 2 heterocycles. The molecular weight excluding hydrogens is 523 g/mol. The fourth-order valence-corrected chi connectivity index (χ4v) is 5.54. The zero-order valence-electron chi connectivity index (χ0n) is 19.4. The monoisotopic (exact) mass is 541 g/mol. The van der Waals surface area contributed by atoms with Crippen molar-refractivity contribution in [1.82, 2.24) is 4.98 Å². The molecule has 3 aromatic carbocycles. The van der Waals surface area contributed by atoms with Gasteiger partial charge in [-0.15, -0.1) is 11.3 Å². The van der Waals surface area contributed by atoms with Crippen molar-refractivity contribution >= 4 is 46.1 Å². The van der Waals surface area contributed by atoms with Crippen molar-refractivity contribution in [2.24, 2.45) is 0 Å². The van der Waals surface area contributed by atoms with Crippen molar-refractivity contribution in [2.75, 3.05) is 16.8 Å². The van der Waals surface area contributed by atoms with Gasteiger partial charge in [0, 0.05) is 29.1 Å². The average molecular weight is 542 g/mol. The minimum Gasteiger partial charge on any atom is -0.322 e. The number of halogens is 4. The summed E-state index contributed by atoms with van der Waals surface area (Å²) in [4.78, 5) is 33.6. The zero-order valence-corrected chi connectivity index (χ0v) is 21.0. The molecule has 0 radical (unpaired) electrons. The van der Waals surface area contributed by atoms with Crippen molar-refractivity contribution < 1.29 is 22.8 Å². The van der Waals surface area contributed by atoms with Crippen LogP contribution in [0.2, 0.25) is 5.02 Å². The van der Waals surface area contributed by atoms with Crippen LogP contribution in [-0.2, 0) is 12.6 Å². The molecule has 1 aromatic heterocycles. The second kappa shape index (κ2) is 9.64. The van der Waals surface area contributed by atoms with Crippen LogP contribution in [-0.4, -0.2) is 23.3 Å². The van der Waals surface area contributed by atoms with E-state index in [4.69, 9.17) is 11.6 Å². The zero-order chi connectivity index (χ0) is 26.3. The molecule has 0 saturated carbocycles. The SMILES string of the molecule is Cc1nc2c(s1)CCN(C(=O)c1ccc(NC(=O)c3ccccc3C(F)(F)F)cc1Cl)c1ccccc1-2. The molecule has 10 heteroatoms. The standard InChI is InChI=1S/C27H19ClF3N3O2S/c1-15-32-24-19-7-3-5-9-22(19)34(13-12-23(24)37-15)26(36)18-11-10-16(14-21(18)28)33-25(35)17-6-2-4-8-20(17)27(29,30)31/h2-11,14H,12-13H2,1H3,(H,33,35). The number of aromatic nitrogens is 1. The molecule has 0 aliphatic carbocycles. The number of hydrogen-bond donors (Lipinski definition) is 1. The number of nitrogens with zero attached hydrogens (tertiary/aromatic N) is 2. The van der Waals surface area contributed by atoms with Crippen molar-refractivity contribution in [3.63, 3.8) is 0 Å².